The van der Waals surface area contributed by atoms with E-state index in [4.69, 9.17) is 10.5 Å². The molecule has 2 aromatic rings. The molecule has 0 amide bonds. The second-order valence-electron chi connectivity index (χ2n) is 3.89. The van der Waals surface area contributed by atoms with Crippen LogP contribution in [0.1, 0.15) is 24.1 Å². The summed E-state index contributed by atoms with van der Waals surface area (Å²) in [4.78, 5) is 0. The summed E-state index contributed by atoms with van der Waals surface area (Å²) in [5, 5.41) is 0. The minimum Gasteiger partial charge on any atom is -0.494 e. The van der Waals surface area contributed by atoms with Gasteiger partial charge in [0.15, 0.2) is 0 Å². The van der Waals surface area contributed by atoms with Crippen LogP contribution in [0, 0.1) is 0 Å². The molecule has 0 bridgehead atoms. The molecule has 1 unspecified atom stereocenters. The molecule has 0 aliphatic heterocycles. The van der Waals surface area contributed by atoms with Gasteiger partial charge in [-0.3, -0.25) is 0 Å². The number of hydrogen-bond donors (Lipinski definition) is 1. The zero-order chi connectivity index (χ0) is 12.1. The molecule has 2 aromatic carbocycles. The molecule has 2 N–H and O–H groups in total. The van der Waals surface area contributed by atoms with Crippen LogP contribution in [-0.2, 0) is 0 Å². The highest BCUT2D eigenvalue weighted by Crippen LogP contribution is 2.21. The minimum atomic E-state index is -0.0770. The largest absolute Gasteiger partial charge is 0.494 e. The van der Waals surface area contributed by atoms with Crippen molar-refractivity contribution in [3.63, 3.8) is 0 Å². The van der Waals surface area contributed by atoms with E-state index in [2.05, 4.69) is 0 Å². The summed E-state index contributed by atoms with van der Waals surface area (Å²) in [6.07, 6.45) is 0. The Morgan fingerprint density at radius 1 is 0.944 bits per heavy atom. The first-order valence-corrected chi connectivity index (χ1v) is 5.84. The van der Waals surface area contributed by atoms with Crippen LogP contribution in [0.15, 0.2) is 54.6 Å². The topological polar surface area (TPSA) is 35.2 Å². The number of rotatable bonds is 4. The SMILES string of the molecule is CCOc1ccc(C(N)c2ccccc2)cc1.Cl. The Labute approximate surface area is 114 Å². The Morgan fingerprint density at radius 2 is 1.50 bits per heavy atom. The van der Waals surface area contributed by atoms with Gasteiger partial charge in [0.25, 0.3) is 0 Å². The van der Waals surface area contributed by atoms with Gasteiger partial charge >= 0.3 is 0 Å². The lowest BCUT2D eigenvalue weighted by Crippen LogP contribution is -2.11. The average molecular weight is 264 g/mol. The van der Waals surface area contributed by atoms with Crippen molar-refractivity contribution in [3.8, 4) is 5.75 Å². The van der Waals surface area contributed by atoms with Gasteiger partial charge in [-0.05, 0) is 30.2 Å². The minimum absolute atomic E-state index is 0. The van der Waals surface area contributed by atoms with Gasteiger partial charge < -0.3 is 10.5 Å². The van der Waals surface area contributed by atoms with Crippen molar-refractivity contribution in [3.05, 3.63) is 65.7 Å². The average Bonchev–Trinajstić information content (AvgIpc) is 2.40. The summed E-state index contributed by atoms with van der Waals surface area (Å²) in [5.41, 5.74) is 8.42. The van der Waals surface area contributed by atoms with Gasteiger partial charge in [-0.1, -0.05) is 42.5 Å². The molecule has 2 rings (SSSR count). The Bertz CT molecular complexity index is 456. The van der Waals surface area contributed by atoms with Gasteiger partial charge in [0.05, 0.1) is 12.6 Å². The number of hydrogen-bond acceptors (Lipinski definition) is 2. The zero-order valence-electron chi connectivity index (χ0n) is 10.4. The third-order valence-electron chi connectivity index (χ3n) is 2.71. The van der Waals surface area contributed by atoms with Gasteiger partial charge in [0.1, 0.15) is 5.75 Å². The Morgan fingerprint density at radius 3 is 2.06 bits per heavy atom. The lowest BCUT2D eigenvalue weighted by molar-refractivity contribution is 0.340. The van der Waals surface area contributed by atoms with Crippen molar-refractivity contribution in [2.24, 2.45) is 5.73 Å². The molecule has 0 aliphatic rings. The van der Waals surface area contributed by atoms with Crippen LogP contribution >= 0.6 is 12.4 Å². The fraction of sp³-hybridized carbons (Fsp3) is 0.200. The van der Waals surface area contributed by atoms with E-state index in [1.807, 2.05) is 61.5 Å². The molecule has 3 heteroatoms. The summed E-state index contributed by atoms with van der Waals surface area (Å²) in [6.45, 7) is 2.66. The fourth-order valence-electron chi connectivity index (χ4n) is 1.79. The fourth-order valence-corrected chi connectivity index (χ4v) is 1.79. The molecule has 0 radical (unpaired) electrons. The van der Waals surface area contributed by atoms with Crippen LogP contribution in [0.4, 0.5) is 0 Å². The summed E-state index contributed by atoms with van der Waals surface area (Å²) >= 11 is 0. The van der Waals surface area contributed by atoms with Crippen LogP contribution in [0.25, 0.3) is 0 Å². The van der Waals surface area contributed by atoms with Crippen molar-refractivity contribution < 1.29 is 4.74 Å². The number of halogens is 1. The highest BCUT2D eigenvalue weighted by molar-refractivity contribution is 5.85. The van der Waals surface area contributed by atoms with Gasteiger partial charge in [-0.25, -0.2) is 0 Å². The van der Waals surface area contributed by atoms with E-state index in [1.54, 1.807) is 0 Å². The van der Waals surface area contributed by atoms with Crippen LogP contribution in [0.2, 0.25) is 0 Å². The van der Waals surface area contributed by atoms with Crippen molar-refractivity contribution in [1.82, 2.24) is 0 Å². The zero-order valence-corrected chi connectivity index (χ0v) is 11.2. The van der Waals surface area contributed by atoms with E-state index in [0.717, 1.165) is 16.9 Å². The second kappa shape index (κ2) is 7.04. The highest BCUT2D eigenvalue weighted by Gasteiger charge is 2.07. The van der Waals surface area contributed by atoms with Gasteiger partial charge in [-0.2, -0.15) is 0 Å². The maximum absolute atomic E-state index is 6.20. The summed E-state index contributed by atoms with van der Waals surface area (Å²) < 4.78 is 5.41. The van der Waals surface area contributed by atoms with E-state index < -0.39 is 0 Å². The Kier molecular flexibility index (Phi) is 5.69. The summed E-state index contributed by atoms with van der Waals surface area (Å²) in [6, 6.07) is 18.0. The van der Waals surface area contributed by atoms with Crippen molar-refractivity contribution >= 4 is 12.4 Å². The van der Waals surface area contributed by atoms with Crippen molar-refractivity contribution in [2.75, 3.05) is 6.61 Å². The standard InChI is InChI=1S/C15H17NO.ClH/c1-2-17-14-10-8-13(9-11-14)15(16)12-6-4-3-5-7-12;/h3-11,15H,2,16H2,1H3;1H. The molecule has 0 fully saturated rings. The number of ether oxygens (including phenoxy) is 1. The van der Waals surface area contributed by atoms with E-state index in [1.165, 1.54) is 0 Å². The molecular weight excluding hydrogens is 246 g/mol. The second-order valence-corrected chi connectivity index (χ2v) is 3.89. The van der Waals surface area contributed by atoms with Crippen LogP contribution in [0.3, 0.4) is 0 Å². The smallest absolute Gasteiger partial charge is 0.119 e. The molecule has 0 saturated heterocycles. The maximum atomic E-state index is 6.20. The lowest BCUT2D eigenvalue weighted by Gasteiger charge is -2.13. The van der Waals surface area contributed by atoms with E-state index in [0.29, 0.717) is 6.61 Å². The lowest BCUT2D eigenvalue weighted by atomic mass is 10.00. The third-order valence-corrected chi connectivity index (χ3v) is 2.71. The molecule has 0 spiro atoms. The van der Waals surface area contributed by atoms with Gasteiger partial charge in [-0.15, -0.1) is 12.4 Å². The molecule has 0 heterocycles. The molecular formula is C15H18ClNO. The molecule has 0 aliphatic carbocycles. The predicted molar refractivity (Wildman–Crippen MR) is 77.3 cm³/mol. The molecule has 2 nitrogen and oxygen atoms in total. The first kappa shape index (κ1) is 14.6. The summed E-state index contributed by atoms with van der Waals surface area (Å²) in [5.74, 6) is 0.886. The van der Waals surface area contributed by atoms with Crippen molar-refractivity contribution in [1.29, 1.82) is 0 Å². The van der Waals surface area contributed by atoms with E-state index >= 15 is 0 Å². The monoisotopic (exact) mass is 263 g/mol. The van der Waals surface area contributed by atoms with E-state index in [9.17, 15) is 0 Å². The highest BCUT2D eigenvalue weighted by atomic mass is 35.5. The number of benzene rings is 2. The summed E-state index contributed by atoms with van der Waals surface area (Å²) in [7, 11) is 0. The van der Waals surface area contributed by atoms with Gasteiger partial charge in [0.2, 0.25) is 0 Å². The molecule has 1 atom stereocenters. The molecule has 0 saturated carbocycles. The van der Waals surface area contributed by atoms with Crippen molar-refractivity contribution in [2.45, 2.75) is 13.0 Å². The first-order valence-electron chi connectivity index (χ1n) is 5.84. The third kappa shape index (κ3) is 3.49. The maximum Gasteiger partial charge on any atom is 0.119 e. The molecule has 0 aromatic heterocycles. The Balaban J connectivity index is 0.00000162. The van der Waals surface area contributed by atoms with Crippen LogP contribution in [-0.4, -0.2) is 6.61 Å². The normalized spacial score (nSPS) is 11.4. The quantitative estimate of drug-likeness (QED) is 0.916. The molecule has 18 heavy (non-hydrogen) atoms. The van der Waals surface area contributed by atoms with Crippen LogP contribution in [0.5, 0.6) is 5.75 Å². The Hall–Kier alpha value is -1.51. The number of nitrogens with two attached hydrogens (primary N) is 1. The van der Waals surface area contributed by atoms with Gasteiger partial charge in [0, 0.05) is 0 Å². The first-order chi connectivity index (χ1) is 8.31. The van der Waals surface area contributed by atoms with E-state index in [-0.39, 0.29) is 18.4 Å². The predicted octanol–water partition coefficient (Wildman–Crippen LogP) is 3.56. The van der Waals surface area contributed by atoms with Crippen LogP contribution < -0.4 is 10.5 Å². The molecule has 96 valence electrons.